The third-order valence-corrected chi connectivity index (χ3v) is 9.14. The Morgan fingerprint density at radius 3 is 2.03 bits per heavy atom. The van der Waals surface area contributed by atoms with Crippen molar-refractivity contribution in [3.05, 3.63) is 0 Å². The van der Waals surface area contributed by atoms with Gasteiger partial charge in [-0.1, -0.05) is 0 Å². The lowest BCUT2D eigenvalue weighted by Gasteiger charge is -2.57. The van der Waals surface area contributed by atoms with Crippen LogP contribution in [0.4, 0.5) is 0 Å². The molecule has 0 N–H and O–H groups in total. The van der Waals surface area contributed by atoms with Gasteiger partial charge in [-0.05, 0) is 88.9 Å². The van der Waals surface area contributed by atoms with E-state index in [1.807, 2.05) is 35.5 Å². The molecule has 6 heteroatoms. The zero-order chi connectivity index (χ0) is 22.7. The Morgan fingerprint density at radius 1 is 0.906 bits per heavy atom. The first-order valence-corrected chi connectivity index (χ1v) is 13.0. The van der Waals surface area contributed by atoms with Crippen LogP contribution in [0.5, 0.6) is 0 Å². The first-order valence-electron chi connectivity index (χ1n) is 13.0. The summed E-state index contributed by atoms with van der Waals surface area (Å²) >= 11 is 0. The largest absolute Gasteiger partial charge is 0.341 e. The van der Waals surface area contributed by atoms with Gasteiger partial charge in [0.25, 0.3) is 0 Å². The van der Waals surface area contributed by atoms with E-state index in [9.17, 15) is 14.4 Å². The SMILES string of the molecule is CC(C)(C)N1CC(C(=O)N2CCCN(C(=O)CC34CC5CC(CC(C5)C3)C4)CC2)CC1=O. The Labute approximate surface area is 193 Å². The van der Waals surface area contributed by atoms with Gasteiger partial charge in [0.2, 0.25) is 17.7 Å². The number of carbonyl (C=O) groups excluding carboxylic acids is 3. The van der Waals surface area contributed by atoms with Crippen molar-refractivity contribution >= 4 is 17.7 Å². The van der Waals surface area contributed by atoms with Crippen LogP contribution in [0.25, 0.3) is 0 Å². The van der Waals surface area contributed by atoms with Gasteiger partial charge in [0.15, 0.2) is 0 Å². The quantitative estimate of drug-likeness (QED) is 0.672. The van der Waals surface area contributed by atoms with Crippen LogP contribution < -0.4 is 0 Å². The number of amides is 3. The fourth-order valence-corrected chi connectivity index (χ4v) is 8.11. The zero-order valence-corrected chi connectivity index (χ0v) is 20.3. The van der Waals surface area contributed by atoms with E-state index < -0.39 is 0 Å². The molecule has 32 heavy (non-hydrogen) atoms. The predicted octanol–water partition coefficient (Wildman–Crippen LogP) is 3.30. The number of nitrogens with zero attached hydrogens (tertiary/aromatic N) is 3. The van der Waals surface area contributed by atoms with Crippen molar-refractivity contribution in [2.75, 3.05) is 32.7 Å². The molecular formula is C26H41N3O3. The second kappa shape index (κ2) is 8.02. The van der Waals surface area contributed by atoms with Gasteiger partial charge in [-0.2, -0.15) is 0 Å². The molecule has 6 aliphatic rings. The van der Waals surface area contributed by atoms with Crippen molar-refractivity contribution in [2.24, 2.45) is 29.1 Å². The maximum Gasteiger partial charge on any atom is 0.228 e. The van der Waals surface area contributed by atoms with Crippen molar-refractivity contribution in [2.45, 2.75) is 84.1 Å². The standard InChI is InChI=1S/C26H41N3O3/c1-25(2,3)29-17-21(12-22(29)30)24(32)28-6-4-5-27(7-8-28)23(31)16-26-13-18-9-19(14-26)11-20(10-18)15-26/h18-21H,4-17H2,1-3H3. The van der Waals surface area contributed by atoms with Crippen LogP contribution in [-0.4, -0.2) is 70.7 Å². The van der Waals surface area contributed by atoms with Crippen molar-refractivity contribution < 1.29 is 14.4 Å². The van der Waals surface area contributed by atoms with E-state index >= 15 is 0 Å². The van der Waals surface area contributed by atoms with Gasteiger partial charge in [0.05, 0.1) is 5.92 Å². The maximum absolute atomic E-state index is 13.3. The van der Waals surface area contributed by atoms with Gasteiger partial charge in [-0.3, -0.25) is 14.4 Å². The number of hydrogen-bond acceptors (Lipinski definition) is 3. The van der Waals surface area contributed by atoms with Crippen molar-refractivity contribution in [3.8, 4) is 0 Å². The summed E-state index contributed by atoms with van der Waals surface area (Å²) in [7, 11) is 0. The molecule has 0 aromatic carbocycles. The normalized spacial score (nSPS) is 37.2. The number of hydrogen-bond donors (Lipinski definition) is 0. The zero-order valence-electron chi connectivity index (χ0n) is 20.3. The second-order valence-electron chi connectivity index (χ2n) is 12.7. The van der Waals surface area contributed by atoms with E-state index in [-0.39, 0.29) is 28.7 Å². The minimum atomic E-state index is -0.245. The summed E-state index contributed by atoms with van der Waals surface area (Å²) in [5, 5.41) is 0. The lowest BCUT2D eigenvalue weighted by molar-refractivity contribution is -0.140. The number of carbonyl (C=O) groups is 3. The van der Waals surface area contributed by atoms with Gasteiger partial charge < -0.3 is 14.7 Å². The molecule has 6 nitrogen and oxygen atoms in total. The summed E-state index contributed by atoms with van der Waals surface area (Å²) in [6.45, 7) is 9.29. The molecule has 1 unspecified atom stereocenters. The summed E-state index contributed by atoms with van der Waals surface area (Å²) < 4.78 is 0. The second-order valence-corrected chi connectivity index (χ2v) is 12.7. The minimum Gasteiger partial charge on any atom is -0.341 e. The molecule has 6 rings (SSSR count). The van der Waals surface area contributed by atoms with Crippen LogP contribution >= 0.6 is 0 Å². The van der Waals surface area contributed by atoms with E-state index in [1.54, 1.807) is 0 Å². The lowest BCUT2D eigenvalue weighted by atomic mass is 9.49. The molecule has 0 aromatic rings. The Kier molecular flexibility index (Phi) is 5.57. The Bertz CT molecular complexity index is 750. The van der Waals surface area contributed by atoms with Crippen LogP contribution in [0, 0.1) is 29.1 Å². The topological polar surface area (TPSA) is 60.9 Å². The fraction of sp³-hybridized carbons (Fsp3) is 0.885. The summed E-state index contributed by atoms with van der Waals surface area (Å²) in [5.41, 5.74) is 0.0274. The highest BCUT2D eigenvalue weighted by Gasteiger charge is 2.51. The maximum atomic E-state index is 13.3. The molecule has 2 aliphatic heterocycles. The monoisotopic (exact) mass is 443 g/mol. The average molecular weight is 444 g/mol. The van der Waals surface area contributed by atoms with Gasteiger partial charge >= 0.3 is 0 Å². The molecule has 4 saturated carbocycles. The van der Waals surface area contributed by atoms with Crippen molar-refractivity contribution in [3.63, 3.8) is 0 Å². The molecule has 0 aromatic heterocycles. The van der Waals surface area contributed by atoms with E-state index in [0.717, 1.165) is 37.1 Å². The molecular weight excluding hydrogens is 402 g/mol. The van der Waals surface area contributed by atoms with Gasteiger partial charge in [0.1, 0.15) is 0 Å². The van der Waals surface area contributed by atoms with Gasteiger partial charge in [-0.15, -0.1) is 0 Å². The van der Waals surface area contributed by atoms with E-state index in [0.29, 0.717) is 38.5 Å². The highest BCUT2D eigenvalue weighted by Crippen LogP contribution is 2.61. The van der Waals surface area contributed by atoms with E-state index in [1.165, 1.54) is 38.5 Å². The Balaban J connectivity index is 1.16. The highest BCUT2D eigenvalue weighted by molar-refractivity contribution is 5.89. The molecule has 2 saturated heterocycles. The Hall–Kier alpha value is -1.59. The smallest absolute Gasteiger partial charge is 0.228 e. The van der Waals surface area contributed by atoms with Crippen LogP contribution in [0.1, 0.15) is 78.6 Å². The summed E-state index contributed by atoms with van der Waals surface area (Å²) in [6.07, 6.45) is 9.90. The first kappa shape index (κ1) is 22.2. The van der Waals surface area contributed by atoms with Crippen LogP contribution in [-0.2, 0) is 14.4 Å². The summed E-state index contributed by atoms with van der Waals surface area (Å²) in [5.74, 6) is 2.86. The molecule has 3 amide bonds. The van der Waals surface area contributed by atoms with Crippen LogP contribution in [0.2, 0.25) is 0 Å². The molecule has 2 heterocycles. The molecule has 6 fully saturated rings. The van der Waals surface area contributed by atoms with Crippen molar-refractivity contribution in [1.29, 1.82) is 0 Å². The number of rotatable bonds is 3. The van der Waals surface area contributed by atoms with E-state index in [4.69, 9.17) is 0 Å². The highest BCUT2D eigenvalue weighted by atomic mass is 16.2. The fourth-order valence-electron chi connectivity index (χ4n) is 8.11. The summed E-state index contributed by atoms with van der Waals surface area (Å²) in [4.78, 5) is 44.8. The molecule has 1 atom stereocenters. The summed E-state index contributed by atoms with van der Waals surface area (Å²) in [6, 6.07) is 0. The molecule has 0 spiro atoms. The predicted molar refractivity (Wildman–Crippen MR) is 123 cm³/mol. The molecule has 4 bridgehead atoms. The van der Waals surface area contributed by atoms with Gasteiger partial charge in [-0.25, -0.2) is 0 Å². The lowest BCUT2D eigenvalue weighted by Crippen LogP contribution is -2.49. The van der Waals surface area contributed by atoms with Crippen LogP contribution in [0.15, 0.2) is 0 Å². The van der Waals surface area contributed by atoms with Gasteiger partial charge in [0, 0.05) is 51.1 Å². The Morgan fingerprint density at radius 2 is 1.47 bits per heavy atom. The van der Waals surface area contributed by atoms with Crippen molar-refractivity contribution in [1.82, 2.24) is 14.7 Å². The number of likely N-dealkylation sites (tertiary alicyclic amines) is 1. The molecule has 178 valence electrons. The third kappa shape index (κ3) is 4.19. The molecule has 0 radical (unpaired) electrons. The first-order chi connectivity index (χ1) is 15.1. The van der Waals surface area contributed by atoms with E-state index in [2.05, 4.69) is 0 Å². The molecule has 4 aliphatic carbocycles. The minimum absolute atomic E-state index is 0.0815. The third-order valence-electron chi connectivity index (χ3n) is 9.14. The van der Waals surface area contributed by atoms with Crippen LogP contribution in [0.3, 0.4) is 0 Å². The average Bonchev–Trinajstić information content (AvgIpc) is 2.92.